The molecule has 1 heterocycles. The smallest absolute Gasteiger partial charge is 0.163 e. The molecule has 0 atom stereocenters. The van der Waals surface area contributed by atoms with E-state index >= 15 is 0 Å². The van der Waals surface area contributed by atoms with Gasteiger partial charge in [-0.3, -0.25) is 9.78 Å². The fourth-order valence-electron chi connectivity index (χ4n) is 4.18. The molecule has 3 aromatic rings. The first-order valence-electron chi connectivity index (χ1n) is 11.0. The summed E-state index contributed by atoms with van der Waals surface area (Å²) < 4.78 is 14.9. The molecule has 4 heteroatoms. The molecule has 0 N–H and O–H groups in total. The summed E-state index contributed by atoms with van der Waals surface area (Å²) in [6.07, 6.45) is 6.22. The van der Waals surface area contributed by atoms with Crippen LogP contribution in [-0.2, 0) is 6.42 Å². The summed E-state index contributed by atoms with van der Waals surface area (Å²) in [6, 6.07) is 16.9. The first-order chi connectivity index (χ1) is 14.9. The van der Waals surface area contributed by atoms with E-state index in [-0.39, 0.29) is 17.1 Å². The number of hydrogen-bond donors (Lipinski definition) is 0. The molecule has 1 aromatic heterocycles. The number of nitrogens with zero attached hydrogens (tertiary/aromatic N) is 2. The number of rotatable bonds is 8. The summed E-state index contributed by atoms with van der Waals surface area (Å²) >= 11 is 0. The van der Waals surface area contributed by atoms with Gasteiger partial charge in [0, 0.05) is 36.5 Å². The monoisotopic (exact) mass is 416 g/mol. The zero-order valence-corrected chi connectivity index (χ0v) is 18.5. The first kappa shape index (κ1) is 21.2. The zero-order valence-electron chi connectivity index (χ0n) is 18.5. The molecule has 4 rings (SSSR count). The maximum atomic E-state index is 14.9. The Morgan fingerprint density at radius 3 is 2.35 bits per heavy atom. The normalized spacial score (nSPS) is 14.3. The van der Waals surface area contributed by atoms with Gasteiger partial charge in [-0.1, -0.05) is 43.3 Å². The van der Waals surface area contributed by atoms with E-state index in [2.05, 4.69) is 16.8 Å². The van der Waals surface area contributed by atoms with Gasteiger partial charge in [-0.25, -0.2) is 4.39 Å². The molecule has 3 nitrogen and oxygen atoms in total. The number of carbonyl (C=O) groups excluding carboxylic acids is 1. The highest BCUT2D eigenvalue weighted by atomic mass is 19.1. The molecule has 1 saturated carbocycles. The zero-order chi connectivity index (χ0) is 22.0. The summed E-state index contributed by atoms with van der Waals surface area (Å²) in [4.78, 5) is 18.9. The Bertz CT molecular complexity index is 1070. The van der Waals surface area contributed by atoms with Crippen LogP contribution in [0.4, 0.5) is 10.1 Å². The lowest BCUT2D eigenvalue weighted by atomic mass is 9.99. The number of halogens is 1. The second-order valence-electron chi connectivity index (χ2n) is 8.61. The van der Waals surface area contributed by atoms with Crippen LogP contribution in [0, 0.1) is 12.7 Å². The van der Waals surface area contributed by atoms with Crippen LogP contribution in [0.15, 0.2) is 60.8 Å². The maximum absolute atomic E-state index is 14.9. The van der Waals surface area contributed by atoms with Gasteiger partial charge >= 0.3 is 0 Å². The highest BCUT2D eigenvalue weighted by Crippen LogP contribution is 2.46. The van der Waals surface area contributed by atoms with Gasteiger partial charge in [0.15, 0.2) is 5.78 Å². The molecule has 0 bridgehead atoms. The van der Waals surface area contributed by atoms with E-state index < -0.39 is 0 Å². The SMILES string of the molecule is CCC1(N(C)c2ccc(-c3ccc(C(=O)CCc4ccc(C)nc4)cc3)cc2F)CC1. The highest BCUT2D eigenvalue weighted by Gasteiger charge is 2.45. The summed E-state index contributed by atoms with van der Waals surface area (Å²) in [5.74, 6) is -0.101. The van der Waals surface area contributed by atoms with Gasteiger partial charge in [0.05, 0.1) is 5.69 Å². The predicted molar refractivity (Wildman–Crippen MR) is 124 cm³/mol. The third kappa shape index (κ3) is 4.53. The second kappa shape index (κ2) is 8.62. The van der Waals surface area contributed by atoms with E-state index in [0.717, 1.165) is 41.6 Å². The number of carbonyl (C=O) groups is 1. The van der Waals surface area contributed by atoms with Crippen LogP contribution in [-0.4, -0.2) is 23.4 Å². The van der Waals surface area contributed by atoms with Crippen LogP contribution in [0.5, 0.6) is 0 Å². The lowest BCUT2D eigenvalue weighted by Crippen LogP contribution is -2.33. The van der Waals surface area contributed by atoms with Gasteiger partial charge in [-0.2, -0.15) is 0 Å². The average molecular weight is 417 g/mol. The third-order valence-electron chi connectivity index (χ3n) is 6.66. The van der Waals surface area contributed by atoms with Crippen molar-refractivity contribution in [1.29, 1.82) is 0 Å². The van der Waals surface area contributed by atoms with Crippen molar-refractivity contribution in [3.05, 3.63) is 83.4 Å². The fourth-order valence-corrected chi connectivity index (χ4v) is 4.18. The molecular weight excluding hydrogens is 387 g/mol. The molecular formula is C27H29FN2O. The van der Waals surface area contributed by atoms with Crippen LogP contribution in [0.3, 0.4) is 0 Å². The third-order valence-corrected chi connectivity index (χ3v) is 6.66. The summed E-state index contributed by atoms with van der Waals surface area (Å²) in [6.45, 7) is 4.11. The van der Waals surface area contributed by atoms with Crippen molar-refractivity contribution < 1.29 is 9.18 Å². The van der Waals surface area contributed by atoms with Crippen LogP contribution < -0.4 is 4.90 Å². The Labute approximate surface area is 183 Å². The van der Waals surface area contributed by atoms with Crippen molar-refractivity contribution in [2.45, 2.75) is 51.5 Å². The number of Topliss-reactive ketones (excluding diaryl/α,β-unsaturated/α-hetero) is 1. The van der Waals surface area contributed by atoms with Crippen molar-refractivity contribution in [2.24, 2.45) is 0 Å². The largest absolute Gasteiger partial charge is 0.367 e. The van der Waals surface area contributed by atoms with Crippen molar-refractivity contribution in [3.8, 4) is 11.1 Å². The van der Waals surface area contributed by atoms with Crippen molar-refractivity contribution in [1.82, 2.24) is 4.98 Å². The minimum Gasteiger partial charge on any atom is -0.367 e. The van der Waals surface area contributed by atoms with E-state index in [1.165, 1.54) is 0 Å². The lowest BCUT2D eigenvalue weighted by Gasteiger charge is -2.29. The van der Waals surface area contributed by atoms with Gasteiger partial charge in [-0.05, 0) is 67.5 Å². The molecule has 1 aliphatic carbocycles. The molecule has 0 spiro atoms. The Morgan fingerprint density at radius 1 is 1.06 bits per heavy atom. The van der Waals surface area contributed by atoms with Gasteiger partial charge < -0.3 is 4.90 Å². The number of anilines is 1. The van der Waals surface area contributed by atoms with Gasteiger partial charge in [0.1, 0.15) is 5.82 Å². The number of benzene rings is 2. The Kier molecular flexibility index (Phi) is 5.90. The standard InChI is InChI=1S/C27H29FN2O/c1-4-27(15-16-27)30(3)25-13-12-23(17-24(25)28)21-8-10-22(11-9-21)26(31)14-7-20-6-5-19(2)29-18-20/h5-6,8-13,17-18H,4,7,14-16H2,1-3H3. The van der Waals surface area contributed by atoms with E-state index in [9.17, 15) is 9.18 Å². The number of hydrogen-bond acceptors (Lipinski definition) is 3. The Morgan fingerprint density at radius 2 is 1.77 bits per heavy atom. The predicted octanol–water partition coefficient (Wildman–Crippen LogP) is 6.39. The first-order valence-corrected chi connectivity index (χ1v) is 11.0. The Balaban J connectivity index is 1.43. The minimum absolute atomic E-state index is 0.101. The number of aryl methyl sites for hydroxylation is 2. The molecule has 0 radical (unpaired) electrons. The van der Waals surface area contributed by atoms with Crippen molar-refractivity contribution in [3.63, 3.8) is 0 Å². The summed E-state index contributed by atoms with van der Waals surface area (Å²) in [5, 5.41) is 0. The summed E-state index contributed by atoms with van der Waals surface area (Å²) in [7, 11) is 1.99. The number of aromatic nitrogens is 1. The molecule has 0 amide bonds. The van der Waals surface area contributed by atoms with Crippen molar-refractivity contribution in [2.75, 3.05) is 11.9 Å². The maximum Gasteiger partial charge on any atom is 0.163 e. The molecule has 2 aromatic carbocycles. The number of pyridine rings is 1. The number of ketones is 1. The van der Waals surface area contributed by atoms with Crippen LogP contribution in [0.1, 0.15) is 54.2 Å². The van der Waals surface area contributed by atoms with Gasteiger partial charge in [0.25, 0.3) is 0 Å². The lowest BCUT2D eigenvalue weighted by molar-refractivity contribution is 0.0983. The van der Waals surface area contributed by atoms with Crippen LogP contribution >= 0.6 is 0 Å². The highest BCUT2D eigenvalue weighted by molar-refractivity contribution is 5.96. The van der Waals surface area contributed by atoms with Crippen LogP contribution in [0.2, 0.25) is 0 Å². The molecule has 0 unspecified atom stereocenters. The van der Waals surface area contributed by atoms with Gasteiger partial charge in [-0.15, -0.1) is 0 Å². The van der Waals surface area contributed by atoms with Crippen LogP contribution in [0.25, 0.3) is 11.1 Å². The molecule has 31 heavy (non-hydrogen) atoms. The van der Waals surface area contributed by atoms with E-state index in [0.29, 0.717) is 24.1 Å². The van der Waals surface area contributed by atoms with E-state index in [1.807, 2.05) is 68.7 Å². The molecule has 160 valence electrons. The van der Waals surface area contributed by atoms with E-state index in [4.69, 9.17) is 0 Å². The Hall–Kier alpha value is -3.01. The summed E-state index contributed by atoms with van der Waals surface area (Å²) in [5.41, 5.74) is 5.22. The van der Waals surface area contributed by atoms with Gasteiger partial charge in [0.2, 0.25) is 0 Å². The molecule has 0 saturated heterocycles. The second-order valence-corrected chi connectivity index (χ2v) is 8.61. The fraction of sp³-hybridized carbons (Fsp3) is 0.333. The molecule has 1 aliphatic rings. The minimum atomic E-state index is -0.202. The molecule has 1 fully saturated rings. The average Bonchev–Trinajstić information content (AvgIpc) is 3.59. The topological polar surface area (TPSA) is 33.2 Å². The van der Waals surface area contributed by atoms with Crippen molar-refractivity contribution >= 4 is 11.5 Å². The quantitative estimate of drug-likeness (QED) is 0.399. The van der Waals surface area contributed by atoms with E-state index in [1.54, 1.807) is 6.07 Å². The molecule has 0 aliphatic heterocycles.